The maximum atomic E-state index is 13.7. The molecule has 134 valence electrons. The van der Waals surface area contributed by atoms with Gasteiger partial charge in [0.25, 0.3) is 0 Å². The van der Waals surface area contributed by atoms with Gasteiger partial charge in [-0.3, -0.25) is 0 Å². The van der Waals surface area contributed by atoms with Crippen molar-refractivity contribution < 1.29 is 17.6 Å². The molecule has 2 N–H and O–H groups in total. The minimum absolute atomic E-state index is 0.0649. The fourth-order valence-electron chi connectivity index (χ4n) is 2.46. The highest BCUT2D eigenvalue weighted by atomic mass is 19.4. The number of alkyl halides is 3. The molecule has 4 aromatic rings. The molecule has 4 rings (SSSR count). The van der Waals surface area contributed by atoms with E-state index in [2.05, 4.69) is 30.4 Å². The highest BCUT2D eigenvalue weighted by Crippen LogP contribution is 2.28. The number of hydrogen-bond donors (Lipinski definition) is 2. The van der Waals surface area contributed by atoms with Crippen LogP contribution in [-0.4, -0.2) is 41.8 Å². The highest BCUT2D eigenvalue weighted by molar-refractivity contribution is 5.92. The first kappa shape index (κ1) is 16.2. The maximum Gasteiger partial charge on any atom is 0.408 e. The average molecular weight is 365 g/mol. The van der Waals surface area contributed by atoms with E-state index in [4.69, 9.17) is 0 Å². The second kappa shape index (κ2) is 5.64. The molecule has 0 amide bonds. The van der Waals surface area contributed by atoms with Crippen LogP contribution < -0.4 is 5.32 Å². The van der Waals surface area contributed by atoms with Gasteiger partial charge >= 0.3 is 6.18 Å². The third kappa shape index (κ3) is 2.70. The van der Waals surface area contributed by atoms with Gasteiger partial charge in [0.05, 0.1) is 11.9 Å². The van der Waals surface area contributed by atoms with E-state index in [-0.39, 0.29) is 11.6 Å². The van der Waals surface area contributed by atoms with Gasteiger partial charge < -0.3 is 10.3 Å². The Labute approximate surface area is 143 Å². The summed E-state index contributed by atoms with van der Waals surface area (Å²) in [6.07, 6.45) is 1.18. The van der Waals surface area contributed by atoms with Crippen molar-refractivity contribution in [1.82, 2.24) is 29.5 Å². The number of rotatable bonds is 3. The third-order valence-corrected chi connectivity index (χ3v) is 3.87. The second-order valence-corrected chi connectivity index (χ2v) is 5.64. The molecule has 4 heterocycles. The van der Waals surface area contributed by atoms with Gasteiger partial charge in [-0.1, -0.05) is 0 Å². The summed E-state index contributed by atoms with van der Waals surface area (Å²) in [4.78, 5) is 15.1. The lowest BCUT2D eigenvalue weighted by molar-refractivity contribution is -0.138. The second-order valence-electron chi connectivity index (χ2n) is 5.64. The first-order valence-electron chi connectivity index (χ1n) is 7.50. The number of aromatic nitrogens is 6. The summed E-state index contributed by atoms with van der Waals surface area (Å²) in [5, 5.41) is 6.56. The quantitative estimate of drug-likeness (QED) is 0.545. The van der Waals surface area contributed by atoms with Gasteiger partial charge in [-0.25, -0.2) is 18.9 Å². The van der Waals surface area contributed by atoms with Crippen molar-refractivity contribution in [3.8, 4) is 11.3 Å². The van der Waals surface area contributed by atoms with Crippen LogP contribution in [0.5, 0.6) is 0 Å². The average Bonchev–Trinajstić information content (AvgIpc) is 3.17. The molecule has 0 saturated carbocycles. The number of nitrogens with one attached hydrogen (secondary N) is 2. The van der Waals surface area contributed by atoms with E-state index >= 15 is 0 Å². The lowest BCUT2D eigenvalue weighted by atomic mass is 10.2. The monoisotopic (exact) mass is 365 g/mol. The van der Waals surface area contributed by atoms with Crippen molar-refractivity contribution in [2.75, 3.05) is 5.32 Å². The summed E-state index contributed by atoms with van der Waals surface area (Å²) in [5.74, 6) is -0.712. The van der Waals surface area contributed by atoms with Crippen LogP contribution in [0, 0.1) is 5.82 Å². The predicted molar refractivity (Wildman–Crippen MR) is 85.0 cm³/mol. The smallest absolute Gasteiger partial charge is 0.345 e. The Morgan fingerprint density at radius 2 is 2.04 bits per heavy atom. The summed E-state index contributed by atoms with van der Waals surface area (Å²) in [7, 11) is 0. The number of fused-ring (bicyclic) bond motifs is 2. The number of H-pyrrole nitrogens is 1. The number of nitrogens with zero attached hydrogens (tertiary/aromatic N) is 5. The van der Waals surface area contributed by atoms with Crippen molar-refractivity contribution in [3.05, 3.63) is 36.7 Å². The lowest BCUT2D eigenvalue weighted by Gasteiger charge is -2.16. The molecule has 0 aliphatic carbocycles. The third-order valence-electron chi connectivity index (χ3n) is 3.87. The van der Waals surface area contributed by atoms with Gasteiger partial charge in [0.1, 0.15) is 11.7 Å². The minimum Gasteiger partial charge on any atom is -0.345 e. The van der Waals surface area contributed by atoms with Crippen LogP contribution >= 0.6 is 0 Å². The zero-order chi connectivity index (χ0) is 18.5. The number of hydrogen-bond acceptors (Lipinski definition) is 5. The molecule has 0 aromatic carbocycles. The first-order chi connectivity index (χ1) is 12.3. The topological polar surface area (TPSA) is 83.8 Å². The Morgan fingerprint density at radius 3 is 2.81 bits per heavy atom. The summed E-state index contributed by atoms with van der Waals surface area (Å²) in [6, 6.07) is -0.150. The molecule has 0 spiro atoms. The van der Waals surface area contributed by atoms with E-state index in [1.165, 1.54) is 10.7 Å². The fourth-order valence-corrected chi connectivity index (χ4v) is 2.46. The van der Waals surface area contributed by atoms with E-state index in [9.17, 15) is 17.6 Å². The Morgan fingerprint density at radius 1 is 1.23 bits per heavy atom. The minimum atomic E-state index is -4.41. The highest BCUT2D eigenvalue weighted by Gasteiger charge is 2.36. The molecule has 0 aliphatic heterocycles. The Balaban J connectivity index is 1.71. The molecular formula is C15H11F4N7. The van der Waals surface area contributed by atoms with Crippen LogP contribution in [0.25, 0.3) is 27.9 Å². The lowest BCUT2D eigenvalue weighted by Crippen LogP contribution is -2.33. The number of aromatic amines is 1. The molecule has 0 fully saturated rings. The molecule has 1 atom stereocenters. The van der Waals surface area contributed by atoms with Crippen molar-refractivity contribution in [3.63, 3.8) is 0 Å². The Bertz CT molecular complexity index is 1100. The van der Waals surface area contributed by atoms with Crippen molar-refractivity contribution in [2.24, 2.45) is 0 Å². The molecule has 11 heteroatoms. The van der Waals surface area contributed by atoms with Gasteiger partial charge in [0.15, 0.2) is 11.5 Å². The number of anilines is 1. The maximum absolute atomic E-state index is 13.7. The molecule has 0 saturated heterocycles. The van der Waals surface area contributed by atoms with E-state index in [1.54, 1.807) is 18.5 Å². The zero-order valence-electron chi connectivity index (χ0n) is 13.2. The predicted octanol–water partition coefficient (Wildman–Crippen LogP) is 3.17. The summed E-state index contributed by atoms with van der Waals surface area (Å²) in [5.41, 5.74) is 1.45. The van der Waals surface area contributed by atoms with E-state index < -0.39 is 18.0 Å². The van der Waals surface area contributed by atoms with Gasteiger partial charge in [0, 0.05) is 29.5 Å². The normalized spacial score (nSPS) is 13.4. The van der Waals surface area contributed by atoms with Crippen LogP contribution in [0.3, 0.4) is 0 Å². The van der Waals surface area contributed by atoms with Crippen LogP contribution in [0.2, 0.25) is 0 Å². The number of halogens is 4. The van der Waals surface area contributed by atoms with Crippen molar-refractivity contribution in [2.45, 2.75) is 19.1 Å². The molecule has 0 aliphatic rings. The summed E-state index contributed by atoms with van der Waals surface area (Å²) < 4.78 is 52.9. The summed E-state index contributed by atoms with van der Waals surface area (Å²) in [6.45, 7) is 0.979. The van der Waals surface area contributed by atoms with Crippen molar-refractivity contribution in [1.29, 1.82) is 0 Å². The van der Waals surface area contributed by atoms with E-state index in [0.717, 1.165) is 13.1 Å². The SMILES string of the molecule is C[C@@H](Nc1ncc2c(-c3ccn4ncc(F)c4n3)c[nH]c2n1)C(F)(F)F. The fraction of sp³-hybridized carbons (Fsp3) is 0.200. The van der Waals surface area contributed by atoms with Crippen LogP contribution in [-0.2, 0) is 0 Å². The zero-order valence-corrected chi connectivity index (χ0v) is 13.2. The molecule has 0 bridgehead atoms. The Kier molecular flexibility index (Phi) is 3.53. The van der Waals surface area contributed by atoms with Gasteiger partial charge in [-0.15, -0.1) is 0 Å². The molecule has 4 aromatic heterocycles. The first-order valence-corrected chi connectivity index (χ1v) is 7.50. The summed E-state index contributed by atoms with van der Waals surface area (Å²) >= 11 is 0. The van der Waals surface area contributed by atoms with Crippen LogP contribution in [0.4, 0.5) is 23.5 Å². The molecular weight excluding hydrogens is 354 g/mol. The largest absolute Gasteiger partial charge is 0.408 e. The van der Waals surface area contributed by atoms with Gasteiger partial charge in [0.2, 0.25) is 5.95 Å². The van der Waals surface area contributed by atoms with Crippen molar-refractivity contribution >= 4 is 22.6 Å². The van der Waals surface area contributed by atoms with E-state index in [1.807, 2.05) is 0 Å². The molecule has 26 heavy (non-hydrogen) atoms. The Hall–Kier alpha value is -3.24. The standard InChI is InChI=1S/C15H11F4N7/c1-7(15(17,18)19)23-14-21-5-9-8(4-20-12(9)25-14)11-2-3-26-13(24-11)10(16)6-22-26/h2-7H,1H3,(H2,20,21,23,25)/t7-/m1/s1. The molecule has 0 radical (unpaired) electrons. The van der Waals surface area contributed by atoms with Crippen LogP contribution in [0.1, 0.15) is 6.92 Å². The van der Waals surface area contributed by atoms with Crippen LogP contribution in [0.15, 0.2) is 30.9 Å². The molecule has 0 unspecified atom stereocenters. The molecule has 7 nitrogen and oxygen atoms in total. The van der Waals surface area contributed by atoms with Gasteiger partial charge in [-0.05, 0) is 13.0 Å². The van der Waals surface area contributed by atoms with Gasteiger partial charge in [-0.2, -0.15) is 23.3 Å². The van der Waals surface area contributed by atoms with E-state index in [0.29, 0.717) is 22.3 Å².